The van der Waals surface area contributed by atoms with Crippen molar-refractivity contribution < 1.29 is 18.8 Å². The summed E-state index contributed by atoms with van der Waals surface area (Å²) in [6, 6.07) is 4.07. The Kier molecular flexibility index (Phi) is 7.78. The van der Waals surface area contributed by atoms with Crippen molar-refractivity contribution in [1.29, 1.82) is 0 Å². The first-order chi connectivity index (χ1) is 11.7. The number of amides is 3. The number of carbonyl (C=O) groups excluding carboxylic acids is 3. The fourth-order valence-corrected chi connectivity index (χ4v) is 2.21. The highest BCUT2D eigenvalue weighted by molar-refractivity contribution is 5.91. The van der Waals surface area contributed by atoms with Crippen LogP contribution in [0.1, 0.15) is 32.8 Å². The minimum atomic E-state index is -1.01. The molecule has 0 aliphatic rings. The van der Waals surface area contributed by atoms with Gasteiger partial charge in [-0.1, -0.05) is 29.8 Å². The van der Waals surface area contributed by atoms with Crippen LogP contribution in [0.25, 0.3) is 0 Å². The summed E-state index contributed by atoms with van der Waals surface area (Å²) in [5, 5.41) is 5.00. The van der Waals surface area contributed by atoms with Crippen LogP contribution >= 0.6 is 0 Å². The smallest absolute Gasteiger partial charge is 0.243 e. The summed E-state index contributed by atoms with van der Waals surface area (Å²) >= 11 is 0. The molecule has 0 heterocycles. The molecule has 136 valence electrons. The molecule has 25 heavy (non-hydrogen) atoms. The average Bonchev–Trinajstić information content (AvgIpc) is 2.51. The first kappa shape index (κ1) is 20.3. The molecule has 0 spiro atoms. The van der Waals surface area contributed by atoms with E-state index in [-0.39, 0.29) is 18.4 Å². The summed E-state index contributed by atoms with van der Waals surface area (Å²) in [6.07, 6.45) is 1.99. The molecule has 1 rings (SSSR count). The lowest BCUT2D eigenvalue weighted by molar-refractivity contribution is -0.130. The third kappa shape index (κ3) is 7.15. The van der Waals surface area contributed by atoms with Gasteiger partial charge in [0.15, 0.2) is 0 Å². The first-order valence-corrected chi connectivity index (χ1v) is 7.94. The van der Waals surface area contributed by atoms with Gasteiger partial charge in [-0.25, -0.2) is 4.39 Å². The SMILES string of the molecule is CC(=O)N[C@@H](Cc1ccccc1F)C(=O)N[C@H](CC=C(C)C)C(N)=O. The van der Waals surface area contributed by atoms with Gasteiger partial charge >= 0.3 is 0 Å². The highest BCUT2D eigenvalue weighted by atomic mass is 19.1. The summed E-state index contributed by atoms with van der Waals surface area (Å²) in [5.74, 6) is -2.18. The van der Waals surface area contributed by atoms with Gasteiger partial charge in [-0.15, -0.1) is 0 Å². The molecule has 1 aromatic carbocycles. The van der Waals surface area contributed by atoms with E-state index < -0.39 is 35.6 Å². The van der Waals surface area contributed by atoms with Crippen LogP contribution in [0.2, 0.25) is 0 Å². The average molecular weight is 349 g/mol. The van der Waals surface area contributed by atoms with Crippen molar-refractivity contribution in [3.05, 3.63) is 47.3 Å². The second kappa shape index (κ2) is 9.56. The molecule has 0 bridgehead atoms. The summed E-state index contributed by atoms with van der Waals surface area (Å²) in [4.78, 5) is 35.4. The van der Waals surface area contributed by atoms with Crippen LogP contribution < -0.4 is 16.4 Å². The molecule has 0 radical (unpaired) electrons. The Labute approximate surface area is 146 Å². The third-order valence-corrected chi connectivity index (χ3v) is 3.50. The molecule has 0 saturated carbocycles. The van der Waals surface area contributed by atoms with Gasteiger partial charge in [0.2, 0.25) is 17.7 Å². The van der Waals surface area contributed by atoms with Crippen molar-refractivity contribution in [2.75, 3.05) is 0 Å². The van der Waals surface area contributed by atoms with Crippen LogP contribution in [0.3, 0.4) is 0 Å². The number of allylic oxidation sites excluding steroid dienone is 1. The molecular formula is C18H24FN3O3. The van der Waals surface area contributed by atoms with Crippen molar-refractivity contribution in [2.24, 2.45) is 5.73 Å². The van der Waals surface area contributed by atoms with E-state index in [1.165, 1.54) is 25.1 Å². The van der Waals surface area contributed by atoms with Crippen molar-refractivity contribution >= 4 is 17.7 Å². The maximum Gasteiger partial charge on any atom is 0.243 e. The number of carbonyl (C=O) groups is 3. The molecule has 7 heteroatoms. The van der Waals surface area contributed by atoms with Crippen LogP contribution in [0.15, 0.2) is 35.9 Å². The molecule has 0 aromatic heterocycles. The maximum absolute atomic E-state index is 13.8. The molecule has 0 unspecified atom stereocenters. The van der Waals surface area contributed by atoms with E-state index in [2.05, 4.69) is 10.6 Å². The van der Waals surface area contributed by atoms with E-state index in [9.17, 15) is 18.8 Å². The minimum Gasteiger partial charge on any atom is -0.368 e. The van der Waals surface area contributed by atoms with Crippen molar-refractivity contribution in [3.63, 3.8) is 0 Å². The molecule has 0 saturated heterocycles. The predicted molar refractivity (Wildman–Crippen MR) is 92.9 cm³/mol. The summed E-state index contributed by atoms with van der Waals surface area (Å²) in [6.45, 7) is 4.98. The van der Waals surface area contributed by atoms with Crippen LogP contribution in [-0.4, -0.2) is 29.8 Å². The lowest BCUT2D eigenvalue weighted by Gasteiger charge is -2.21. The highest BCUT2D eigenvalue weighted by Crippen LogP contribution is 2.10. The van der Waals surface area contributed by atoms with E-state index in [0.29, 0.717) is 0 Å². The lowest BCUT2D eigenvalue weighted by Crippen LogP contribution is -2.53. The van der Waals surface area contributed by atoms with E-state index in [4.69, 9.17) is 5.73 Å². The molecule has 2 atom stereocenters. The molecule has 4 N–H and O–H groups in total. The number of primary amides is 1. The highest BCUT2D eigenvalue weighted by Gasteiger charge is 2.25. The summed E-state index contributed by atoms with van der Waals surface area (Å²) in [7, 11) is 0. The number of halogens is 1. The van der Waals surface area contributed by atoms with Gasteiger partial charge < -0.3 is 16.4 Å². The van der Waals surface area contributed by atoms with E-state index in [1.807, 2.05) is 13.8 Å². The van der Waals surface area contributed by atoms with Crippen molar-refractivity contribution in [1.82, 2.24) is 10.6 Å². The van der Waals surface area contributed by atoms with Gasteiger partial charge in [-0.3, -0.25) is 14.4 Å². The fourth-order valence-electron chi connectivity index (χ4n) is 2.21. The van der Waals surface area contributed by atoms with E-state index in [1.54, 1.807) is 12.1 Å². The monoisotopic (exact) mass is 349 g/mol. The molecule has 3 amide bonds. The van der Waals surface area contributed by atoms with Crippen LogP contribution in [0.4, 0.5) is 4.39 Å². The molecular weight excluding hydrogens is 325 g/mol. The largest absolute Gasteiger partial charge is 0.368 e. The summed E-state index contributed by atoms with van der Waals surface area (Å²) in [5.41, 5.74) is 6.58. The quantitative estimate of drug-likeness (QED) is 0.615. The van der Waals surface area contributed by atoms with Gasteiger partial charge in [-0.2, -0.15) is 0 Å². The van der Waals surface area contributed by atoms with Crippen LogP contribution in [-0.2, 0) is 20.8 Å². The Balaban J connectivity index is 2.91. The second-order valence-corrected chi connectivity index (χ2v) is 6.03. The molecule has 1 aromatic rings. The Morgan fingerprint density at radius 2 is 1.76 bits per heavy atom. The lowest BCUT2D eigenvalue weighted by atomic mass is 10.0. The first-order valence-electron chi connectivity index (χ1n) is 7.94. The van der Waals surface area contributed by atoms with E-state index in [0.717, 1.165) is 5.57 Å². The summed E-state index contributed by atoms with van der Waals surface area (Å²) < 4.78 is 13.8. The standard InChI is InChI=1S/C18H24FN3O3/c1-11(2)8-9-15(17(20)24)22-18(25)16(21-12(3)23)10-13-6-4-5-7-14(13)19/h4-8,15-16H,9-10H2,1-3H3,(H2,20,24)(H,21,23)(H,22,25)/t15-,16+/m1/s1. The molecule has 6 nitrogen and oxygen atoms in total. The fraction of sp³-hybridized carbons (Fsp3) is 0.389. The number of nitrogens with one attached hydrogen (secondary N) is 2. The third-order valence-electron chi connectivity index (χ3n) is 3.50. The van der Waals surface area contributed by atoms with Crippen molar-refractivity contribution in [3.8, 4) is 0 Å². The minimum absolute atomic E-state index is 0.0355. The topological polar surface area (TPSA) is 101 Å². The number of rotatable bonds is 8. The van der Waals surface area contributed by atoms with Gasteiger partial charge in [0.05, 0.1) is 0 Å². The van der Waals surface area contributed by atoms with Crippen LogP contribution in [0.5, 0.6) is 0 Å². The number of hydrogen-bond donors (Lipinski definition) is 3. The second-order valence-electron chi connectivity index (χ2n) is 6.03. The van der Waals surface area contributed by atoms with E-state index >= 15 is 0 Å². The van der Waals surface area contributed by atoms with Crippen molar-refractivity contribution in [2.45, 2.75) is 45.7 Å². The molecule has 0 aliphatic heterocycles. The number of hydrogen-bond acceptors (Lipinski definition) is 3. The number of nitrogens with two attached hydrogens (primary N) is 1. The molecule has 0 aliphatic carbocycles. The van der Waals surface area contributed by atoms with Gasteiger partial charge in [0.1, 0.15) is 17.9 Å². The Bertz CT molecular complexity index is 669. The zero-order valence-electron chi connectivity index (χ0n) is 14.6. The Morgan fingerprint density at radius 3 is 2.28 bits per heavy atom. The van der Waals surface area contributed by atoms with Gasteiger partial charge in [-0.05, 0) is 31.9 Å². The maximum atomic E-state index is 13.8. The normalized spacial score (nSPS) is 12.6. The van der Waals surface area contributed by atoms with Gasteiger partial charge in [0, 0.05) is 13.3 Å². The predicted octanol–water partition coefficient (Wildman–Crippen LogP) is 1.20. The molecule has 0 fully saturated rings. The Hall–Kier alpha value is -2.70. The zero-order valence-corrected chi connectivity index (χ0v) is 14.6. The zero-order chi connectivity index (χ0) is 19.0. The number of benzene rings is 1. The van der Waals surface area contributed by atoms with Gasteiger partial charge in [0.25, 0.3) is 0 Å². The Morgan fingerprint density at radius 1 is 1.12 bits per heavy atom. The van der Waals surface area contributed by atoms with Crippen LogP contribution in [0, 0.1) is 5.82 Å².